The molecule has 2 aromatic carbocycles. The van der Waals surface area contributed by atoms with Gasteiger partial charge in [0.2, 0.25) is 0 Å². The number of nitrogens with zero attached hydrogens (tertiary/aromatic N) is 3. The summed E-state index contributed by atoms with van der Waals surface area (Å²) in [6.45, 7) is 6.11. The van der Waals surface area contributed by atoms with Gasteiger partial charge in [-0.15, -0.1) is 0 Å². The first-order valence-corrected chi connectivity index (χ1v) is 8.60. The van der Waals surface area contributed by atoms with Crippen LogP contribution in [-0.4, -0.2) is 21.7 Å². The van der Waals surface area contributed by atoms with Crippen molar-refractivity contribution < 1.29 is 4.79 Å². The zero-order valence-corrected chi connectivity index (χ0v) is 14.7. The van der Waals surface area contributed by atoms with E-state index in [1.54, 1.807) is 0 Å². The minimum Gasteiger partial charge on any atom is -0.305 e. The molecular formula is C21H21N3O. The standard InChI is InChI=1S/C21H21N3O/c1-14-12-16(3)24(22-14)19-10-8-17(9-11-19)21(25)23-15(2)13-18-6-4-5-7-20(18)23/h4-12,15H,13H2,1-3H3. The van der Waals surface area contributed by atoms with E-state index in [0.29, 0.717) is 5.56 Å². The molecule has 1 aromatic heterocycles. The summed E-state index contributed by atoms with van der Waals surface area (Å²) in [6.07, 6.45) is 0.908. The highest BCUT2D eigenvalue weighted by Crippen LogP contribution is 2.33. The van der Waals surface area contributed by atoms with E-state index in [1.165, 1.54) is 5.56 Å². The summed E-state index contributed by atoms with van der Waals surface area (Å²) in [4.78, 5) is 15.0. The Morgan fingerprint density at radius 2 is 1.80 bits per heavy atom. The number of carbonyl (C=O) groups is 1. The van der Waals surface area contributed by atoms with E-state index in [0.717, 1.165) is 29.2 Å². The Labute approximate surface area is 147 Å². The van der Waals surface area contributed by atoms with E-state index in [9.17, 15) is 4.79 Å². The fourth-order valence-electron chi connectivity index (χ4n) is 3.65. The first-order chi connectivity index (χ1) is 12.0. The Morgan fingerprint density at radius 3 is 2.48 bits per heavy atom. The van der Waals surface area contributed by atoms with Crippen molar-refractivity contribution in [1.29, 1.82) is 0 Å². The summed E-state index contributed by atoms with van der Waals surface area (Å²) in [7, 11) is 0. The predicted molar refractivity (Wildman–Crippen MR) is 99.5 cm³/mol. The van der Waals surface area contributed by atoms with Gasteiger partial charge in [-0.2, -0.15) is 5.10 Å². The third kappa shape index (κ3) is 2.64. The van der Waals surface area contributed by atoms with E-state index in [2.05, 4.69) is 18.1 Å². The van der Waals surface area contributed by atoms with Gasteiger partial charge in [-0.25, -0.2) is 4.68 Å². The van der Waals surface area contributed by atoms with Crippen LogP contribution in [0.2, 0.25) is 0 Å². The average molecular weight is 331 g/mol. The molecule has 0 N–H and O–H groups in total. The molecule has 0 fully saturated rings. The zero-order valence-electron chi connectivity index (χ0n) is 14.7. The fourth-order valence-corrected chi connectivity index (χ4v) is 3.65. The molecule has 0 bridgehead atoms. The molecular weight excluding hydrogens is 310 g/mol. The Morgan fingerprint density at radius 1 is 1.08 bits per heavy atom. The Bertz CT molecular complexity index is 940. The minimum absolute atomic E-state index is 0.0531. The second kappa shape index (κ2) is 5.88. The number of anilines is 1. The molecule has 2 heterocycles. The SMILES string of the molecule is Cc1cc(C)n(-c2ccc(C(=O)N3c4ccccc4CC3C)cc2)n1. The van der Waals surface area contributed by atoms with Crippen LogP contribution in [0.5, 0.6) is 0 Å². The lowest BCUT2D eigenvalue weighted by Gasteiger charge is -2.23. The summed E-state index contributed by atoms with van der Waals surface area (Å²) in [5.41, 5.74) is 6.01. The maximum absolute atomic E-state index is 13.0. The van der Waals surface area contributed by atoms with Gasteiger partial charge in [-0.3, -0.25) is 4.79 Å². The topological polar surface area (TPSA) is 38.1 Å². The highest BCUT2D eigenvalue weighted by molar-refractivity contribution is 6.07. The van der Waals surface area contributed by atoms with E-state index >= 15 is 0 Å². The van der Waals surface area contributed by atoms with Crippen LogP contribution in [0.25, 0.3) is 5.69 Å². The van der Waals surface area contributed by atoms with Gasteiger partial charge in [-0.05, 0) is 69.2 Å². The molecule has 1 amide bonds. The molecule has 0 radical (unpaired) electrons. The highest BCUT2D eigenvalue weighted by Gasteiger charge is 2.31. The van der Waals surface area contributed by atoms with Crippen LogP contribution in [0.15, 0.2) is 54.6 Å². The molecule has 25 heavy (non-hydrogen) atoms. The summed E-state index contributed by atoms with van der Waals surface area (Å²) in [5, 5.41) is 4.50. The highest BCUT2D eigenvalue weighted by atomic mass is 16.2. The number of benzene rings is 2. The van der Waals surface area contributed by atoms with Crippen LogP contribution in [0.3, 0.4) is 0 Å². The van der Waals surface area contributed by atoms with Crippen molar-refractivity contribution in [2.24, 2.45) is 0 Å². The van der Waals surface area contributed by atoms with Crippen molar-refractivity contribution in [2.75, 3.05) is 4.90 Å². The quantitative estimate of drug-likeness (QED) is 0.709. The van der Waals surface area contributed by atoms with Gasteiger partial charge >= 0.3 is 0 Å². The number of amides is 1. The number of hydrogen-bond donors (Lipinski definition) is 0. The summed E-state index contributed by atoms with van der Waals surface area (Å²) in [6, 6.07) is 18.1. The lowest BCUT2D eigenvalue weighted by molar-refractivity contribution is 0.0981. The number of hydrogen-bond acceptors (Lipinski definition) is 2. The number of para-hydroxylation sites is 1. The maximum atomic E-state index is 13.0. The van der Waals surface area contributed by atoms with Crippen LogP contribution >= 0.6 is 0 Å². The van der Waals surface area contributed by atoms with E-state index < -0.39 is 0 Å². The van der Waals surface area contributed by atoms with Gasteiger partial charge in [0.05, 0.1) is 11.4 Å². The molecule has 0 aliphatic carbocycles. The number of carbonyl (C=O) groups excluding carboxylic acids is 1. The molecule has 3 aromatic rings. The van der Waals surface area contributed by atoms with Crippen molar-refractivity contribution in [1.82, 2.24) is 9.78 Å². The molecule has 1 aliphatic rings. The van der Waals surface area contributed by atoms with Gasteiger partial charge in [0.15, 0.2) is 0 Å². The average Bonchev–Trinajstić information content (AvgIpc) is 3.12. The zero-order chi connectivity index (χ0) is 17.6. The van der Waals surface area contributed by atoms with Crippen LogP contribution < -0.4 is 4.90 Å². The van der Waals surface area contributed by atoms with E-state index in [1.807, 2.05) is 72.0 Å². The lowest BCUT2D eigenvalue weighted by atomic mass is 10.1. The Hall–Kier alpha value is -2.88. The largest absolute Gasteiger partial charge is 0.305 e. The summed E-state index contributed by atoms with van der Waals surface area (Å²) >= 11 is 0. The first kappa shape index (κ1) is 15.6. The second-order valence-electron chi connectivity index (χ2n) is 6.74. The Balaban J connectivity index is 1.64. The molecule has 4 nitrogen and oxygen atoms in total. The summed E-state index contributed by atoms with van der Waals surface area (Å²) in [5.74, 6) is 0.0531. The van der Waals surface area contributed by atoms with Crippen molar-refractivity contribution >= 4 is 11.6 Å². The molecule has 1 aliphatic heterocycles. The number of aromatic nitrogens is 2. The minimum atomic E-state index is 0.0531. The molecule has 4 rings (SSSR count). The normalized spacial score (nSPS) is 16.1. The molecule has 1 unspecified atom stereocenters. The third-order valence-corrected chi connectivity index (χ3v) is 4.79. The molecule has 4 heteroatoms. The van der Waals surface area contributed by atoms with Crippen LogP contribution in [-0.2, 0) is 6.42 Å². The van der Waals surface area contributed by atoms with Crippen molar-refractivity contribution in [2.45, 2.75) is 33.2 Å². The molecule has 126 valence electrons. The molecule has 1 atom stereocenters. The van der Waals surface area contributed by atoms with Crippen LogP contribution in [0.1, 0.15) is 34.2 Å². The molecule has 0 saturated heterocycles. The van der Waals surface area contributed by atoms with Crippen molar-refractivity contribution in [3.8, 4) is 5.69 Å². The van der Waals surface area contributed by atoms with Gasteiger partial charge in [0, 0.05) is 23.0 Å². The van der Waals surface area contributed by atoms with Gasteiger partial charge in [0.1, 0.15) is 0 Å². The smallest absolute Gasteiger partial charge is 0.258 e. The number of rotatable bonds is 2. The van der Waals surface area contributed by atoms with E-state index in [4.69, 9.17) is 0 Å². The van der Waals surface area contributed by atoms with Crippen LogP contribution in [0, 0.1) is 13.8 Å². The van der Waals surface area contributed by atoms with Gasteiger partial charge in [0.25, 0.3) is 5.91 Å². The molecule has 0 saturated carbocycles. The fraction of sp³-hybridized carbons (Fsp3) is 0.238. The lowest BCUT2D eigenvalue weighted by Crippen LogP contribution is -2.35. The summed E-state index contributed by atoms with van der Waals surface area (Å²) < 4.78 is 1.90. The van der Waals surface area contributed by atoms with Gasteiger partial charge < -0.3 is 4.90 Å². The van der Waals surface area contributed by atoms with Crippen molar-refractivity contribution in [3.05, 3.63) is 77.1 Å². The van der Waals surface area contributed by atoms with E-state index in [-0.39, 0.29) is 11.9 Å². The van der Waals surface area contributed by atoms with Crippen LogP contribution in [0.4, 0.5) is 5.69 Å². The monoisotopic (exact) mass is 331 g/mol. The first-order valence-electron chi connectivity index (χ1n) is 8.60. The van der Waals surface area contributed by atoms with Gasteiger partial charge in [-0.1, -0.05) is 18.2 Å². The number of fused-ring (bicyclic) bond motifs is 1. The second-order valence-corrected chi connectivity index (χ2v) is 6.74. The predicted octanol–water partition coefficient (Wildman–Crippen LogP) is 4.08. The van der Waals surface area contributed by atoms with Crippen molar-refractivity contribution in [3.63, 3.8) is 0 Å². The Kier molecular flexibility index (Phi) is 3.68. The molecule has 0 spiro atoms. The maximum Gasteiger partial charge on any atom is 0.258 e. The number of aryl methyl sites for hydroxylation is 2. The third-order valence-electron chi connectivity index (χ3n) is 4.79.